The molecule has 0 spiro atoms. The molecule has 0 bridgehead atoms. The molecule has 1 aromatic heterocycles. The second-order valence-electron chi connectivity index (χ2n) is 3.55. The first kappa shape index (κ1) is 14.0. The summed E-state index contributed by atoms with van der Waals surface area (Å²) in [5, 5.41) is 15.1. The summed E-state index contributed by atoms with van der Waals surface area (Å²) in [5.41, 5.74) is 0.516. The lowest BCUT2D eigenvalue weighted by molar-refractivity contribution is 0.102. The van der Waals surface area contributed by atoms with Gasteiger partial charge in [0.25, 0.3) is 5.91 Å². The largest absolute Gasteiger partial charge is 0.360 e. The summed E-state index contributed by atoms with van der Waals surface area (Å²) < 4.78 is 0. The first-order chi connectivity index (χ1) is 9.08. The quantitative estimate of drug-likeness (QED) is 0.905. The first-order valence-corrected chi connectivity index (χ1v) is 7.00. The third-order valence-corrected chi connectivity index (χ3v) is 3.38. The van der Waals surface area contributed by atoms with Gasteiger partial charge in [-0.1, -0.05) is 34.5 Å². The van der Waals surface area contributed by atoms with Crippen molar-refractivity contribution < 1.29 is 4.79 Å². The van der Waals surface area contributed by atoms with E-state index in [1.54, 1.807) is 18.2 Å². The number of halogens is 2. The predicted molar refractivity (Wildman–Crippen MR) is 78.5 cm³/mol. The van der Waals surface area contributed by atoms with Gasteiger partial charge >= 0.3 is 0 Å². The van der Waals surface area contributed by atoms with Gasteiger partial charge in [-0.05, 0) is 25.1 Å². The van der Waals surface area contributed by atoms with Crippen molar-refractivity contribution in [3.63, 3.8) is 0 Å². The lowest BCUT2D eigenvalue weighted by Gasteiger charge is -2.03. The zero-order valence-corrected chi connectivity index (χ0v) is 12.2. The molecule has 8 heteroatoms. The van der Waals surface area contributed by atoms with Crippen molar-refractivity contribution >= 4 is 51.3 Å². The van der Waals surface area contributed by atoms with Gasteiger partial charge in [-0.15, -0.1) is 10.2 Å². The number of carbonyl (C=O) groups is 1. The Bertz CT molecular complexity index is 582. The molecule has 2 rings (SSSR count). The maximum Gasteiger partial charge on any atom is 0.286 e. The van der Waals surface area contributed by atoms with Gasteiger partial charge in [-0.25, -0.2) is 0 Å². The van der Waals surface area contributed by atoms with Crippen LogP contribution in [0.2, 0.25) is 10.0 Å². The van der Waals surface area contributed by atoms with E-state index < -0.39 is 0 Å². The molecule has 0 aliphatic rings. The number of nitrogens with zero attached hydrogens (tertiary/aromatic N) is 2. The lowest BCUT2D eigenvalue weighted by Crippen LogP contribution is -2.11. The molecule has 0 aliphatic heterocycles. The Balaban J connectivity index is 2.11. The molecule has 0 saturated heterocycles. The Kier molecular flexibility index (Phi) is 4.57. The van der Waals surface area contributed by atoms with Gasteiger partial charge < -0.3 is 10.6 Å². The molecule has 2 aromatic rings. The Labute approximate surface area is 123 Å². The molecule has 1 amide bonds. The summed E-state index contributed by atoms with van der Waals surface area (Å²) in [6.07, 6.45) is 0. The fraction of sp³-hybridized carbons (Fsp3) is 0.182. The van der Waals surface area contributed by atoms with Crippen molar-refractivity contribution in [1.29, 1.82) is 0 Å². The first-order valence-electron chi connectivity index (χ1n) is 5.43. The fourth-order valence-corrected chi connectivity index (χ4v) is 2.58. The standard InChI is InChI=1S/C11H10Cl2N4OS/c1-2-14-11-17-16-10(19-11)9(18)15-8-4-6(12)3-7(13)5-8/h3-5H,2H2,1H3,(H,14,17)(H,15,18). The topological polar surface area (TPSA) is 66.9 Å². The molecular formula is C11H10Cl2N4OS. The van der Waals surface area contributed by atoms with Gasteiger partial charge in [0.2, 0.25) is 10.1 Å². The highest BCUT2D eigenvalue weighted by molar-refractivity contribution is 7.17. The maximum atomic E-state index is 11.9. The van der Waals surface area contributed by atoms with Crippen molar-refractivity contribution in [1.82, 2.24) is 10.2 Å². The Hall–Kier alpha value is -1.37. The summed E-state index contributed by atoms with van der Waals surface area (Å²) in [7, 11) is 0. The second kappa shape index (κ2) is 6.18. The summed E-state index contributed by atoms with van der Waals surface area (Å²) >= 11 is 12.9. The van der Waals surface area contributed by atoms with Crippen LogP contribution in [0.25, 0.3) is 0 Å². The second-order valence-corrected chi connectivity index (χ2v) is 5.41. The van der Waals surface area contributed by atoms with Gasteiger partial charge in [-0.3, -0.25) is 4.79 Å². The molecule has 1 aromatic carbocycles. The number of nitrogens with one attached hydrogen (secondary N) is 2. The number of hydrogen-bond acceptors (Lipinski definition) is 5. The Morgan fingerprint density at radius 3 is 2.58 bits per heavy atom. The fourth-order valence-electron chi connectivity index (χ4n) is 1.35. The van der Waals surface area contributed by atoms with Crippen LogP contribution in [0, 0.1) is 0 Å². The van der Waals surface area contributed by atoms with E-state index in [2.05, 4.69) is 20.8 Å². The van der Waals surface area contributed by atoms with Crippen LogP contribution < -0.4 is 10.6 Å². The van der Waals surface area contributed by atoms with Gasteiger partial charge in [-0.2, -0.15) is 0 Å². The molecule has 0 unspecified atom stereocenters. The molecular weight excluding hydrogens is 307 g/mol. The zero-order chi connectivity index (χ0) is 13.8. The van der Waals surface area contributed by atoms with Gasteiger partial charge in [0, 0.05) is 22.3 Å². The van der Waals surface area contributed by atoms with Crippen LogP contribution in [0.15, 0.2) is 18.2 Å². The summed E-state index contributed by atoms with van der Waals surface area (Å²) in [6.45, 7) is 2.66. The van der Waals surface area contributed by atoms with E-state index in [1.165, 1.54) is 11.3 Å². The predicted octanol–water partition coefficient (Wildman–Crippen LogP) is 3.53. The summed E-state index contributed by atoms with van der Waals surface area (Å²) in [4.78, 5) is 11.9. The van der Waals surface area contributed by atoms with Crippen molar-refractivity contribution in [2.24, 2.45) is 0 Å². The van der Waals surface area contributed by atoms with Crippen molar-refractivity contribution in [3.8, 4) is 0 Å². The van der Waals surface area contributed by atoms with Crippen LogP contribution in [0.3, 0.4) is 0 Å². The molecule has 0 saturated carbocycles. The average Bonchev–Trinajstić information content (AvgIpc) is 2.76. The minimum Gasteiger partial charge on any atom is -0.360 e. The number of amides is 1. The van der Waals surface area contributed by atoms with Crippen LogP contribution in [-0.2, 0) is 0 Å². The van der Waals surface area contributed by atoms with Gasteiger partial charge in [0.05, 0.1) is 0 Å². The number of rotatable bonds is 4. The number of carbonyl (C=O) groups excluding carboxylic acids is 1. The van der Waals surface area contributed by atoms with E-state index >= 15 is 0 Å². The molecule has 5 nitrogen and oxygen atoms in total. The number of hydrogen-bond donors (Lipinski definition) is 2. The number of benzene rings is 1. The van der Waals surface area contributed by atoms with Crippen LogP contribution >= 0.6 is 34.5 Å². The highest BCUT2D eigenvalue weighted by atomic mass is 35.5. The summed E-state index contributed by atoms with van der Waals surface area (Å²) in [6, 6.07) is 4.81. The molecule has 100 valence electrons. The molecule has 0 aliphatic carbocycles. The van der Waals surface area contributed by atoms with Crippen LogP contribution in [0.5, 0.6) is 0 Å². The van der Waals surface area contributed by atoms with E-state index in [1.807, 2.05) is 6.92 Å². The third-order valence-electron chi connectivity index (χ3n) is 2.07. The third kappa shape index (κ3) is 3.79. The molecule has 19 heavy (non-hydrogen) atoms. The van der Waals surface area contributed by atoms with Crippen molar-refractivity contribution in [2.45, 2.75) is 6.92 Å². The minimum atomic E-state index is -0.347. The highest BCUT2D eigenvalue weighted by Crippen LogP contribution is 2.23. The van der Waals surface area contributed by atoms with E-state index in [4.69, 9.17) is 23.2 Å². The number of aromatic nitrogens is 2. The molecule has 0 fully saturated rings. The number of anilines is 2. The van der Waals surface area contributed by atoms with Crippen molar-refractivity contribution in [3.05, 3.63) is 33.3 Å². The highest BCUT2D eigenvalue weighted by Gasteiger charge is 2.13. The minimum absolute atomic E-state index is 0.270. The van der Waals surface area contributed by atoms with Crippen LogP contribution in [0.4, 0.5) is 10.8 Å². The van der Waals surface area contributed by atoms with Gasteiger partial charge in [0.1, 0.15) is 0 Å². The van der Waals surface area contributed by atoms with E-state index in [0.717, 1.165) is 6.54 Å². The molecule has 0 radical (unpaired) electrons. The van der Waals surface area contributed by atoms with Gasteiger partial charge in [0.15, 0.2) is 0 Å². The maximum absolute atomic E-state index is 11.9. The van der Waals surface area contributed by atoms with E-state index in [0.29, 0.717) is 20.9 Å². The smallest absolute Gasteiger partial charge is 0.286 e. The van der Waals surface area contributed by atoms with E-state index in [-0.39, 0.29) is 10.9 Å². The Morgan fingerprint density at radius 2 is 1.95 bits per heavy atom. The average molecular weight is 317 g/mol. The monoisotopic (exact) mass is 316 g/mol. The van der Waals surface area contributed by atoms with Crippen molar-refractivity contribution in [2.75, 3.05) is 17.2 Å². The molecule has 0 atom stereocenters. The molecule has 1 heterocycles. The Morgan fingerprint density at radius 1 is 1.26 bits per heavy atom. The summed E-state index contributed by atoms with van der Waals surface area (Å²) in [5.74, 6) is -0.347. The zero-order valence-electron chi connectivity index (χ0n) is 9.91. The lowest BCUT2D eigenvalue weighted by atomic mass is 10.3. The molecule has 2 N–H and O–H groups in total. The van der Waals surface area contributed by atoms with Crippen LogP contribution in [-0.4, -0.2) is 22.6 Å². The SMILES string of the molecule is CCNc1nnc(C(=O)Nc2cc(Cl)cc(Cl)c2)s1. The normalized spacial score (nSPS) is 10.3. The van der Waals surface area contributed by atoms with Crippen LogP contribution in [0.1, 0.15) is 16.7 Å². The van der Waals surface area contributed by atoms with E-state index in [9.17, 15) is 4.79 Å².